The van der Waals surface area contributed by atoms with Crippen LogP contribution < -0.4 is 5.32 Å². The average Bonchev–Trinajstić information content (AvgIpc) is 2.48. The Morgan fingerprint density at radius 1 is 1.20 bits per heavy atom. The van der Waals surface area contributed by atoms with Crippen LogP contribution in [-0.2, 0) is 11.3 Å². The van der Waals surface area contributed by atoms with E-state index in [0.717, 1.165) is 17.6 Å². The third-order valence-corrected chi connectivity index (χ3v) is 4.90. The molecule has 0 spiro atoms. The van der Waals surface area contributed by atoms with Crippen molar-refractivity contribution in [2.24, 2.45) is 0 Å². The van der Waals surface area contributed by atoms with Gasteiger partial charge in [-0.25, -0.2) is 0 Å². The minimum Gasteiger partial charge on any atom is -0.369 e. The fourth-order valence-corrected chi connectivity index (χ4v) is 3.31. The summed E-state index contributed by atoms with van der Waals surface area (Å²) in [6.45, 7) is 4.99. The molecule has 1 aromatic carbocycles. The molecule has 1 aliphatic carbocycles. The van der Waals surface area contributed by atoms with Crippen molar-refractivity contribution in [1.82, 2.24) is 5.32 Å². The summed E-state index contributed by atoms with van der Waals surface area (Å²) in [4.78, 5) is 0. The van der Waals surface area contributed by atoms with E-state index in [0.29, 0.717) is 6.61 Å². The standard InChI is InChI=1S/C17H26BrNO/c1-2-12-19-14-17(10-6-3-7-11-17)20-13-15-8-4-5-9-16(15)18/h4-5,8-9,19H,2-3,6-7,10-14H2,1H3. The maximum absolute atomic E-state index is 6.39. The molecule has 20 heavy (non-hydrogen) atoms. The number of benzene rings is 1. The summed E-state index contributed by atoms with van der Waals surface area (Å²) in [6.07, 6.45) is 7.50. The summed E-state index contributed by atoms with van der Waals surface area (Å²) < 4.78 is 7.54. The van der Waals surface area contributed by atoms with Gasteiger partial charge in [-0.1, -0.05) is 60.3 Å². The van der Waals surface area contributed by atoms with Crippen LogP contribution in [0.1, 0.15) is 51.0 Å². The molecule has 0 aliphatic heterocycles. The van der Waals surface area contributed by atoms with Gasteiger partial charge in [0.1, 0.15) is 0 Å². The van der Waals surface area contributed by atoms with Crippen LogP contribution in [0.15, 0.2) is 28.7 Å². The second-order valence-electron chi connectivity index (χ2n) is 5.80. The van der Waals surface area contributed by atoms with E-state index >= 15 is 0 Å². The minimum atomic E-state index is 0.0443. The summed E-state index contributed by atoms with van der Waals surface area (Å²) in [6, 6.07) is 8.35. The van der Waals surface area contributed by atoms with Gasteiger partial charge in [0.15, 0.2) is 0 Å². The Balaban J connectivity index is 1.95. The van der Waals surface area contributed by atoms with Crippen LogP contribution in [0.3, 0.4) is 0 Å². The SMILES string of the molecule is CCCNCC1(OCc2ccccc2Br)CCCCC1. The van der Waals surface area contributed by atoms with E-state index in [9.17, 15) is 0 Å². The molecule has 1 N–H and O–H groups in total. The number of rotatable bonds is 7. The van der Waals surface area contributed by atoms with Crippen LogP contribution in [0, 0.1) is 0 Å². The van der Waals surface area contributed by atoms with E-state index in [2.05, 4.69) is 46.4 Å². The molecule has 0 unspecified atom stereocenters. The third-order valence-electron chi connectivity index (χ3n) is 4.13. The Bertz CT molecular complexity index is 402. The molecule has 1 aliphatic rings. The summed E-state index contributed by atoms with van der Waals surface area (Å²) >= 11 is 3.61. The van der Waals surface area contributed by atoms with Crippen molar-refractivity contribution in [2.45, 2.75) is 57.7 Å². The van der Waals surface area contributed by atoms with Gasteiger partial charge in [0.2, 0.25) is 0 Å². The van der Waals surface area contributed by atoms with Gasteiger partial charge in [0.25, 0.3) is 0 Å². The lowest BCUT2D eigenvalue weighted by Gasteiger charge is -2.37. The maximum atomic E-state index is 6.39. The number of hydrogen-bond acceptors (Lipinski definition) is 2. The first kappa shape index (κ1) is 16.0. The van der Waals surface area contributed by atoms with Gasteiger partial charge in [0, 0.05) is 11.0 Å². The lowest BCUT2D eigenvalue weighted by molar-refractivity contribution is -0.0786. The molecule has 2 rings (SSSR count). The van der Waals surface area contributed by atoms with E-state index < -0.39 is 0 Å². The van der Waals surface area contributed by atoms with Gasteiger partial charge in [-0.15, -0.1) is 0 Å². The van der Waals surface area contributed by atoms with Crippen LogP contribution in [0.2, 0.25) is 0 Å². The maximum Gasteiger partial charge on any atom is 0.0810 e. The molecule has 1 fully saturated rings. The second-order valence-corrected chi connectivity index (χ2v) is 6.65. The largest absolute Gasteiger partial charge is 0.369 e. The highest BCUT2D eigenvalue weighted by Crippen LogP contribution is 2.32. The van der Waals surface area contributed by atoms with Crippen LogP contribution in [0.4, 0.5) is 0 Å². The van der Waals surface area contributed by atoms with Crippen molar-refractivity contribution in [1.29, 1.82) is 0 Å². The predicted octanol–water partition coefficient (Wildman–Crippen LogP) is 4.67. The molecule has 0 aromatic heterocycles. The van der Waals surface area contributed by atoms with Crippen molar-refractivity contribution in [2.75, 3.05) is 13.1 Å². The van der Waals surface area contributed by atoms with E-state index in [1.807, 2.05) is 6.07 Å². The number of halogens is 1. The van der Waals surface area contributed by atoms with Gasteiger partial charge >= 0.3 is 0 Å². The van der Waals surface area contributed by atoms with Crippen molar-refractivity contribution in [3.05, 3.63) is 34.3 Å². The van der Waals surface area contributed by atoms with Crippen LogP contribution in [0.25, 0.3) is 0 Å². The Kier molecular flexibility index (Phi) is 6.53. The molecule has 1 aromatic rings. The van der Waals surface area contributed by atoms with E-state index in [1.54, 1.807) is 0 Å². The fraction of sp³-hybridized carbons (Fsp3) is 0.647. The molecule has 0 bridgehead atoms. The highest BCUT2D eigenvalue weighted by atomic mass is 79.9. The van der Waals surface area contributed by atoms with E-state index in [1.165, 1.54) is 44.1 Å². The van der Waals surface area contributed by atoms with E-state index in [-0.39, 0.29) is 5.60 Å². The van der Waals surface area contributed by atoms with Gasteiger partial charge in [0.05, 0.1) is 12.2 Å². The fourth-order valence-electron chi connectivity index (χ4n) is 2.91. The molecule has 0 saturated heterocycles. The Morgan fingerprint density at radius 2 is 1.95 bits per heavy atom. The molecule has 1 saturated carbocycles. The Morgan fingerprint density at radius 3 is 2.65 bits per heavy atom. The summed E-state index contributed by atoms with van der Waals surface area (Å²) in [5.41, 5.74) is 1.29. The molecule has 0 atom stereocenters. The van der Waals surface area contributed by atoms with Gasteiger partial charge < -0.3 is 10.1 Å². The van der Waals surface area contributed by atoms with Crippen LogP contribution >= 0.6 is 15.9 Å². The first-order valence-corrected chi connectivity index (χ1v) is 8.63. The molecule has 0 amide bonds. The van der Waals surface area contributed by atoms with Gasteiger partial charge in [-0.05, 0) is 37.4 Å². The highest BCUT2D eigenvalue weighted by Gasteiger charge is 2.32. The van der Waals surface area contributed by atoms with Crippen molar-refractivity contribution in [3.8, 4) is 0 Å². The third kappa shape index (κ3) is 4.57. The molecule has 112 valence electrons. The molecule has 0 radical (unpaired) electrons. The summed E-state index contributed by atoms with van der Waals surface area (Å²) in [7, 11) is 0. The Labute approximate surface area is 131 Å². The Hall–Kier alpha value is -0.380. The second kappa shape index (κ2) is 8.16. The monoisotopic (exact) mass is 339 g/mol. The smallest absolute Gasteiger partial charge is 0.0810 e. The number of nitrogens with one attached hydrogen (secondary N) is 1. The predicted molar refractivity (Wildman–Crippen MR) is 87.9 cm³/mol. The van der Waals surface area contributed by atoms with Crippen molar-refractivity contribution < 1.29 is 4.74 Å². The minimum absolute atomic E-state index is 0.0443. The lowest BCUT2D eigenvalue weighted by Crippen LogP contribution is -2.44. The molecule has 2 nitrogen and oxygen atoms in total. The topological polar surface area (TPSA) is 21.3 Å². The van der Waals surface area contributed by atoms with E-state index in [4.69, 9.17) is 4.74 Å². The molecule has 3 heteroatoms. The van der Waals surface area contributed by atoms with Gasteiger partial charge in [-0.2, -0.15) is 0 Å². The van der Waals surface area contributed by atoms with Gasteiger partial charge in [-0.3, -0.25) is 0 Å². The zero-order valence-corrected chi connectivity index (χ0v) is 14.0. The lowest BCUT2D eigenvalue weighted by atomic mass is 9.84. The normalized spacial score (nSPS) is 18.1. The van der Waals surface area contributed by atoms with Crippen LogP contribution in [-0.4, -0.2) is 18.7 Å². The molecule has 0 heterocycles. The summed E-state index contributed by atoms with van der Waals surface area (Å²) in [5, 5.41) is 3.56. The zero-order chi connectivity index (χ0) is 14.3. The molecular weight excluding hydrogens is 314 g/mol. The van der Waals surface area contributed by atoms with Crippen molar-refractivity contribution in [3.63, 3.8) is 0 Å². The van der Waals surface area contributed by atoms with Crippen LogP contribution in [0.5, 0.6) is 0 Å². The molecular formula is C17H26BrNO. The summed E-state index contributed by atoms with van der Waals surface area (Å²) in [5.74, 6) is 0. The first-order valence-electron chi connectivity index (χ1n) is 7.84. The quantitative estimate of drug-likeness (QED) is 0.729. The number of hydrogen-bond donors (Lipinski definition) is 1. The zero-order valence-electron chi connectivity index (χ0n) is 12.5. The highest BCUT2D eigenvalue weighted by molar-refractivity contribution is 9.10. The average molecular weight is 340 g/mol. The van der Waals surface area contributed by atoms with Crippen molar-refractivity contribution >= 4 is 15.9 Å². The first-order chi connectivity index (χ1) is 9.76. The number of ether oxygens (including phenoxy) is 1.